The van der Waals surface area contributed by atoms with Crippen LogP contribution in [0.3, 0.4) is 0 Å². The third kappa shape index (κ3) is 2.08. The van der Waals surface area contributed by atoms with Crippen LogP contribution in [0.2, 0.25) is 0 Å². The number of allylic oxidation sites excluding steroid dienone is 4. The Morgan fingerprint density at radius 2 is 2.38 bits per heavy atom. The highest BCUT2D eigenvalue weighted by atomic mass is 16.5. The zero-order chi connectivity index (χ0) is 9.90. The molecule has 0 amide bonds. The van der Waals surface area contributed by atoms with Gasteiger partial charge in [-0.2, -0.15) is 0 Å². The quantitative estimate of drug-likeness (QED) is 0.368. The van der Waals surface area contributed by atoms with Gasteiger partial charge in [0.2, 0.25) is 0 Å². The predicted molar refractivity (Wildman–Crippen MR) is 52.2 cm³/mol. The Hall–Kier alpha value is -1.31. The van der Waals surface area contributed by atoms with Gasteiger partial charge in [0, 0.05) is 11.0 Å². The normalized spacial score (nSPS) is 30.6. The lowest BCUT2D eigenvalue weighted by atomic mass is 9.78. The Morgan fingerprint density at radius 3 is 2.92 bits per heavy atom. The fourth-order valence-corrected chi connectivity index (χ4v) is 1.31. The molecule has 0 fully saturated rings. The largest absolute Gasteiger partial charge is 0.504 e. The van der Waals surface area contributed by atoms with Crippen LogP contribution in [0.5, 0.6) is 0 Å². The monoisotopic (exact) mass is 178 g/mol. The minimum atomic E-state index is -0.113. The molecule has 0 saturated heterocycles. The molecule has 0 aliphatic heterocycles. The summed E-state index contributed by atoms with van der Waals surface area (Å²) >= 11 is 0. The van der Waals surface area contributed by atoms with Crippen LogP contribution in [-0.2, 0) is 9.53 Å². The Morgan fingerprint density at radius 1 is 1.69 bits per heavy atom. The second-order valence-corrected chi connectivity index (χ2v) is 3.46. The highest BCUT2D eigenvalue weighted by Crippen LogP contribution is 2.32. The van der Waals surface area contributed by atoms with E-state index in [9.17, 15) is 4.79 Å². The number of hydrogen-bond donors (Lipinski definition) is 0. The van der Waals surface area contributed by atoms with Crippen molar-refractivity contribution >= 4 is 5.78 Å². The maximum absolute atomic E-state index is 11.3. The molecule has 1 atom stereocenters. The van der Waals surface area contributed by atoms with Crippen LogP contribution in [0.1, 0.15) is 13.3 Å². The van der Waals surface area contributed by atoms with Gasteiger partial charge < -0.3 is 4.74 Å². The van der Waals surface area contributed by atoms with E-state index in [1.54, 1.807) is 13.2 Å². The number of ether oxygens (including phenoxy) is 1. The zero-order valence-corrected chi connectivity index (χ0v) is 8.04. The van der Waals surface area contributed by atoms with E-state index >= 15 is 0 Å². The first-order chi connectivity index (χ1) is 6.11. The molecule has 0 radical (unpaired) electrons. The van der Waals surface area contributed by atoms with Gasteiger partial charge in [-0.25, -0.2) is 0 Å². The molecule has 1 aliphatic rings. The summed E-state index contributed by atoms with van der Waals surface area (Å²) in [5.74, 6) is 0.0289. The van der Waals surface area contributed by atoms with Crippen molar-refractivity contribution in [1.29, 1.82) is 0 Å². The summed E-state index contributed by atoms with van der Waals surface area (Å²) in [5, 5.41) is 0. The lowest BCUT2D eigenvalue weighted by Gasteiger charge is -2.25. The average Bonchev–Trinajstić information content (AvgIpc) is 2.12. The molecule has 0 heterocycles. The molecule has 1 aliphatic carbocycles. The maximum Gasteiger partial charge on any atom is 0.184 e. The Labute approximate surface area is 78.6 Å². The predicted octanol–water partition coefficient (Wildman–Crippen LogP) is 2.24. The van der Waals surface area contributed by atoms with Crippen molar-refractivity contribution in [2.24, 2.45) is 5.41 Å². The highest BCUT2D eigenvalue weighted by Gasteiger charge is 2.26. The summed E-state index contributed by atoms with van der Waals surface area (Å²) in [5.41, 5.74) is 0.588. The van der Waals surface area contributed by atoms with E-state index in [1.165, 1.54) is 6.26 Å². The molecule has 0 saturated carbocycles. The minimum Gasteiger partial charge on any atom is -0.504 e. The SMILES string of the molecule is C=CC1(C)C=CC(=O)C(=COC)C1. The lowest BCUT2D eigenvalue weighted by molar-refractivity contribution is -0.112. The second-order valence-electron chi connectivity index (χ2n) is 3.46. The molecule has 0 bridgehead atoms. The summed E-state index contributed by atoms with van der Waals surface area (Å²) in [6.45, 7) is 5.78. The standard InChI is InChI=1S/C11H14O2/c1-4-11(2)6-5-10(12)9(7-11)8-13-3/h4-6,8H,1,7H2,2-3H3. The van der Waals surface area contributed by atoms with Gasteiger partial charge in [0.1, 0.15) is 0 Å². The van der Waals surface area contributed by atoms with Crippen molar-refractivity contribution in [3.8, 4) is 0 Å². The van der Waals surface area contributed by atoms with Crippen molar-refractivity contribution in [3.05, 3.63) is 36.6 Å². The van der Waals surface area contributed by atoms with E-state index in [-0.39, 0.29) is 11.2 Å². The summed E-state index contributed by atoms with van der Waals surface area (Å²) < 4.78 is 4.84. The molecule has 70 valence electrons. The van der Waals surface area contributed by atoms with Gasteiger partial charge in [-0.1, -0.05) is 19.1 Å². The number of carbonyl (C=O) groups is 1. The van der Waals surface area contributed by atoms with Gasteiger partial charge in [-0.05, 0) is 12.5 Å². The molecule has 13 heavy (non-hydrogen) atoms. The fourth-order valence-electron chi connectivity index (χ4n) is 1.31. The van der Waals surface area contributed by atoms with E-state index in [1.807, 2.05) is 19.1 Å². The molecule has 0 aromatic rings. The van der Waals surface area contributed by atoms with Gasteiger partial charge in [-0.3, -0.25) is 4.79 Å². The summed E-state index contributed by atoms with van der Waals surface area (Å²) in [4.78, 5) is 11.3. The van der Waals surface area contributed by atoms with Crippen LogP contribution >= 0.6 is 0 Å². The first-order valence-corrected chi connectivity index (χ1v) is 4.20. The number of methoxy groups -OCH3 is 1. The minimum absolute atomic E-state index is 0.0289. The van der Waals surface area contributed by atoms with Crippen molar-refractivity contribution in [1.82, 2.24) is 0 Å². The number of rotatable bonds is 2. The molecule has 1 rings (SSSR count). The van der Waals surface area contributed by atoms with Gasteiger partial charge in [0.25, 0.3) is 0 Å². The van der Waals surface area contributed by atoms with Gasteiger partial charge >= 0.3 is 0 Å². The Kier molecular flexibility index (Phi) is 2.71. The van der Waals surface area contributed by atoms with Gasteiger partial charge in [0.05, 0.1) is 13.4 Å². The van der Waals surface area contributed by atoms with Gasteiger partial charge in [-0.15, -0.1) is 6.58 Å². The summed E-state index contributed by atoms with van der Waals surface area (Å²) in [7, 11) is 1.55. The number of ketones is 1. The average molecular weight is 178 g/mol. The highest BCUT2D eigenvalue weighted by molar-refractivity contribution is 6.04. The van der Waals surface area contributed by atoms with Crippen molar-refractivity contribution in [2.75, 3.05) is 7.11 Å². The van der Waals surface area contributed by atoms with Crippen LogP contribution in [0, 0.1) is 5.41 Å². The molecule has 1 unspecified atom stereocenters. The Balaban J connectivity index is 2.95. The molecule has 0 aromatic carbocycles. The van der Waals surface area contributed by atoms with Crippen LogP contribution in [0.4, 0.5) is 0 Å². The zero-order valence-electron chi connectivity index (χ0n) is 8.04. The fraction of sp³-hybridized carbons (Fsp3) is 0.364. The molecule has 0 aromatic heterocycles. The second kappa shape index (κ2) is 3.60. The molecule has 0 spiro atoms. The molecular weight excluding hydrogens is 164 g/mol. The third-order valence-electron chi connectivity index (χ3n) is 2.23. The molecule has 2 heteroatoms. The van der Waals surface area contributed by atoms with E-state index in [4.69, 9.17) is 4.74 Å². The van der Waals surface area contributed by atoms with Crippen molar-refractivity contribution in [3.63, 3.8) is 0 Å². The summed E-state index contributed by atoms with van der Waals surface area (Å²) in [6.07, 6.45) is 7.48. The van der Waals surface area contributed by atoms with Crippen LogP contribution in [0.25, 0.3) is 0 Å². The van der Waals surface area contributed by atoms with Gasteiger partial charge in [0.15, 0.2) is 5.78 Å². The van der Waals surface area contributed by atoms with Crippen LogP contribution < -0.4 is 0 Å². The first kappa shape index (κ1) is 9.78. The van der Waals surface area contributed by atoms with Crippen LogP contribution in [-0.4, -0.2) is 12.9 Å². The van der Waals surface area contributed by atoms with E-state index in [0.717, 1.165) is 0 Å². The third-order valence-corrected chi connectivity index (χ3v) is 2.23. The Bertz CT molecular complexity index is 286. The molecular formula is C11H14O2. The smallest absolute Gasteiger partial charge is 0.184 e. The lowest BCUT2D eigenvalue weighted by Crippen LogP contribution is -2.19. The van der Waals surface area contributed by atoms with E-state index in [0.29, 0.717) is 12.0 Å². The maximum atomic E-state index is 11.3. The van der Waals surface area contributed by atoms with E-state index in [2.05, 4.69) is 6.58 Å². The van der Waals surface area contributed by atoms with Crippen molar-refractivity contribution in [2.45, 2.75) is 13.3 Å². The summed E-state index contributed by atoms with van der Waals surface area (Å²) in [6, 6.07) is 0. The topological polar surface area (TPSA) is 26.3 Å². The first-order valence-electron chi connectivity index (χ1n) is 4.20. The van der Waals surface area contributed by atoms with Crippen LogP contribution in [0.15, 0.2) is 36.6 Å². The van der Waals surface area contributed by atoms with Crippen molar-refractivity contribution < 1.29 is 9.53 Å². The number of hydrogen-bond acceptors (Lipinski definition) is 2. The molecule has 0 N–H and O–H groups in total. The molecule has 2 nitrogen and oxygen atoms in total. The van der Waals surface area contributed by atoms with E-state index < -0.39 is 0 Å². The number of carbonyl (C=O) groups excluding carboxylic acids is 1.